The summed E-state index contributed by atoms with van der Waals surface area (Å²) < 4.78 is 0. The number of alkyl halides is 1. The molecular formula is C13H22BrNO. The fourth-order valence-corrected chi connectivity index (χ4v) is 3.56. The van der Waals surface area contributed by atoms with Gasteiger partial charge in [-0.15, -0.1) is 0 Å². The Bertz CT molecular complexity index is 238. The van der Waals surface area contributed by atoms with Crippen molar-refractivity contribution < 1.29 is 4.79 Å². The Morgan fingerprint density at radius 2 is 1.75 bits per heavy atom. The molecule has 0 N–H and O–H groups in total. The van der Waals surface area contributed by atoms with Gasteiger partial charge in [0.25, 0.3) is 0 Å². The number of Topliss-reactive ketones (excluding diaryl/α,β-unsaturated/α-hetero) is 1. The number of likely N-dealkylation sites (tertiary alicyclic amines) is 1. The Hall–Kier alpha value is 0.110. The van der Waals surface area contributed by atoms with Gasteiger partial charge in [0.15, 0.2) is 0 Å². The van der Waals surface area contributed by atoms with Crippen LogP contribution in [0.2, 0.25) is 0 Å². The molecule has 1 saturated carbocycles. The van der Waals surface area contributed by atoms with Crippen molar-refractivity contribution in [3.8, 4) is 0 Å². The largest absolute Gasteiger partial charge is 0.298 e. The first-order chi connectivity index (χ1) is 7.77. The number of piperidine rings is 1. The van der Waals surface area contributed by atoms with E-state index < -0.39 is 0 Å². The van der Waals surface area contributed by atoms with Crippen molar-refractivity contribution in [2.24, 2.45) is 5.92 Å². The number of hydrogen-bond donors (Lipinski definition) is 0. The van der Waals surface area contributed by atoms with Crippen molar-refractivity contribution in [1.29, 1.82) is 0 Å². The molecule has 1 atom stereocenters. The van der Waals surface area contributed by atoms with E-state index in [0.717, 1.165) is 19.4 Å². The number of hydrogen-bond acceptors (Lipinski definition) is 2. The summed E-state index contributed by atoms with van der Waals surface area (Å²) in [6.45, 7) is 1.77. The van der Waals surface area contributed by atoms with E-state index in [1.54, 1.807) is 0 Å². The molecule has 3 heteroatoms. The summed E-state index contributed by atoms with van der Waals surface area (Å²) >= 11 is 3.68. The normalized spacial score (nSPS) is 29.2. The number of ketones is 1. The van der Waals surface area contributed by atoms with Gasteiger partial charge in [-0.1, -0.05) is 35.2 Å². The third-order valence-electron chi connectivity index (χ3n) is 3.95. The van der Waals surface area contributed by atoms with Gasteiger partial charge in [-0.3, -0.25) is 9.69 Å². The lowest BCUT2D eigenvalue weighted by atomic mass is 9.86. The van der Waals surface area contributed by atoms with Crippen molar-refractivity contribution in [3.63, 3.8) is 0 Å². The van der Waals surface area contributed by atoms with Gasteiger partial charge in [0.2, 0.25) is 0 Å². The summed E-state index contributed by atoms with van der Waals surface area (Å²) in [5, 5.41) is 0. The van der Waals surface area contributed by atoms with Crippen LogP contribution in [0.5, 0.6) is 0 Å². The topological polar surface area (TPSA) is 20.3 Å². The average molecular weight is 288 g/mol. The molecule has 16 heavy (non-hydrogen) atoms. The maximum absolute atomic E-state index is 12.1. The zero-order valence-corrected chi connectivity index (χ0v) is 11.5. The molecule has 1 heterocycles. The molecule has 2 fully saturated rings. The summed E-state index contributed by atoms with van der Waals surface area (Å²) in [5.41, 5.74) is 0. The lowest BCUT2D eigenvalue weighted by molar-refractivity contribution is -0.125. The predicted molar refractivity (Wildman–Crippen MR) is 69.7 cm³/mol. The molecule has 1 unspecified atom stereocenters. The first-order valence-corrected chi connectivity index (χ1v) is 7.60. The Morgan fingerprint density at radius 3 is 2.44 bits per heavy atom. The lowest BCUT2D eigenvalue weighted by Crippen LogP contribution is -2.41. The van der Waals surface area contributed by atoms with Crippen LogP contribution in [0, 0.1) is 5.92 Å². The van der Waals surface area contributed by atoms with Crippen molar-refractivity contribution in [3.05, 3.63) is 0 Å². The fraction of sp³-hybridized carbons (Fsp3) is 0.923. The predicted octanol–water partition coefficient (Wildman–Crippen LogP) is 3.34. The summed E-state index contributed by atoms with van der Waals surface area (Å²) in [7, 11) is 0. The minimum Gasteiger partial charge on any atom is -0.298 e. The molecule has 0 aromatic heterocycles. The SMILES string of the molecule is O=C(CN1CCCCC1Br)C1CCCCC1. The van der Waals surface area contributed by atoms with Gasteiger partial charge in [-0.05, 0) is 38.6 Å². The fourth-order valence-electron chi connectivity index (χ4n) is 2.88. The molecule has 0 radical (unpaired) electrons. The van der Waals surface area contributed by atoms with Crippen LogP contribution >= 0.6 is 15.9 Å². The Balaban J connectivity index is 1.80. The zero-order valence-electron chi connectivity index (χ0n) is 9.96. The highest BCUT2D eigenvalue weighted by molar-refractivity contribution is 9.09. The van der Waals surface area contributed by atoms with Crippen LogP contribution < -0.4 is 0 Å². The molecule has 1 saturated heterocycles. The molecule has 0 aromatic rings. The van der Waals surface area contributed by atoms with Gasteiger partial charge in [0.05, 0.1) is 11.5 Å². The van der Waals surface area contributed by atoms with E-state index in [1.165, 1.54) is 38.5 Å². The van der Waals surface area contributed by atoms with Gasteiger partial charge in [0, 0.05) is 5.92 Å². The monoisotopic (exact) mass is 287 g/mol. The molecule has 1 aliphatic carbocycles. The van der Waals surface area contributed by atoms with E-state index >= 15 is 0 Å². The quantitative estimate of drug-likeness (QED) is 0.586. The van der Waals surface area contributed by atoms with Crippen molar-refractivity contribution >= 4 is 21.7 Å². The third-order valence-corrected chi connectivity index (χ3v) is 4.99. The number of carbonyl (C=O) groups excluding carboxylic acids is 1. The molecule has 0 spiro atoms. The average Bonchev–Trinajstić information content (AvgIpc) is 2.33. The van der Waals surface area contributed by atoms with Crippen LogP contribution in [0.25, 0.3) is 0 Å². The molecule has 2 aliphatic rings. The summed E-state index contributed by atoms with van der Waals surface area (Å²) in [6, 6.07) is 0. The number of rotatable bonds is 3. The highest BCUT2D eigenvalue weighted by atomic mass is 79.9. The van der Waals surface area contributed by atoms with Crippen LogP contribution in [0.1, 0.15) is 51.4 Å². The van der Waals surface area contributed by atoms with Crippen LogP contribution in [-0.2, 0) is 4.79 Å². The highest BCUT2D eigenvalue weighted by Crippen LogP contribution is 2.26. The van der Waals surface area contributed by atoms with E-state index in [0.29, 0.717) is 23.2 Å². The zero-order chi connectivity index (χ0) is 11.4. The molecular weight excluding hydrogens is 266 g/mol. The van der Waals surface area contributed by atoms with Gasteiger partial charge in [0.1, 0.15) is 5.78 Å². The second-order valence-electron chi connectivity index (χ2n) is 5.20. The molecule has 2 rings (SSSR count). The van der Waals surface area contributed by atoms with Gasteiger partial charge in [-0.2, -0.15) is 0 Å². The summed E-state index contributed by atoms with van der Waals surface area (Å²) in [6.07, 6.45) is 9.86. The molecule has 1 aliphatic heterocycles. The van der Waals surface area contributed by atoms with E-state index in [-0.39, 0.29) is 0 Å². The lowest BCUT2D eigenvalue weighted by Gasteiger charge is -2.32. The highest BCUT2D eigenvalue weighted by Gasteiger charge is 2.26. The number of nitrogens with zero attached hydrogens (tertiary/aromatic N) is 1. The molecule has 2 nitrogen and oxygen atoms in total. The van der Waals surface area contributed by atoms with Gasteiger partial charge >= 0.3 is 0 Å². The van der Waals surface area contributed by atoms with Crippen LogP contribution in [-0.4, -0.2) is 28.7 Å². The maximum Gasteiger partial charge on any atom is 0.149 e. The Morgan fingerprint density at radius 1 is 1.06 bits per heavy atom. The van der Waals surface area contributed by atoms with Crippen molar-refractivity contribution in [2.75, 3.05) is 13.1 Å². The van der Waals surface area contributed by atoms with Crippen molar-refractivity contribution in [1.82, 2.24) is 4.90 Å². The van der Waals surface area contributed by atoms with E-state index in [2.05, 4.69) is 20.8 Å². The summed E-state index contributed by atoms with van der Waals surface area (Å²) in [5.74, 6) is 0.862. The van der Waals surface area contributed by atoms with E-state index in [1.807, 2.05) is 0 Å². The molecule has 92 valence electrons. The van der Waals surface area contributed by atoms with Crippen molar-refractivity contribution in [2.45, 2.75) is 56.3 Å². The van der Waals surface area contributed by atoms with Crippen LogP contribution in [0.3, 0.4) is 0 Å². The van der Waals surface area contributed by atoms with E-state index in [4.69, 9.17) is 0 Å². The second kappa shape index (κ2) is 6.15. The first kappa shape index (κ1) is 12.6. The first-order valence-electron chi connectivity index (χ1n) is 6.68. The van der Waals surface area contributed by atoms with Gasteiger partial charge in [-0.25, -0.2) is 0 Å². The van der Waals surface area contributed by atoms with E-state index in [9.17, 15) is 4.79 Å². The third kappa shape index (κ3) is 3.30. The summed E-state index contributed by atoms with van der Waals surface area (Å²) in [4.78, 5) is 14.9. The number of halogens is 1. The van der Waals surface area contributed by atoms with Crippen LogP contribution in [0.4, 0.5) is 0 Å². The Kier molecular flexibility index (Phi) is 4.83. The maximum atomic E-state index is 12.1. The smallest absolute Gasteiger partial charge is 0.149 e. The Labute approximate surface area is 107 Å². The minimum atomic E-state index is 0.371. The molecule has 0 amide bonds. The molecule has 0 aromatic carbocycles. The van der Waals surface area contributed by atoms with Crippen LogP contribution in [0.15, 0.2) is 0 Å². The molecule has 0 bridgehead atoms. The standard InChI is InChI=1S/C13H22BrNO/c14-13-8-4-5-9-15(13)10-12(16)11-6-2-1-3-7-11/h11,13H,1-10H2. The minimum absolute atomic E-state index is 0.371. The number of carbonyl (C=O) groups is 1. The van der Waals surface area contributed by atoms with Gasteiger partial charge < -0.3 is 0 Å². The second-order valence-corrected chi connectivity index (χ2v) is 6.26.